The number of furan rings is 1. The number of unbranched alkanes of at least 4 members (excludes halogenated alkanes) is 3. The van der Waals surface area contributed by atoms with Gasteiger partial charge in [0.1, 0.15) is 16.4 Å². The largest absolute Gasteiger partial charge is 0.433 e. The van der Waals surface area contributed by atoms with E-state index in [1.165, 1.54) is 36.7 Å². The van der Waals surface area contributed by atoms with E-state index in [4.69, 9.17) is 9.41 Å². The van der Waals surface area contributed by atoms with Crippen LogP contribution in [0.25, 0.3) is 11.8 Å². The maximum atomic E-state index is 13.0. The molecule has 1 aromatic carbocycles. The molecular weight excluding hydrogens is 430 g/mol. The predicted molar refractivity (Wildman–Crippen MR) is 123 cm³/mol. The molecule has 2 aromatic rings. The first kappa shape index (κ1) is 21.8. The summed E-state index contributed by atoms with van der Waals surface area (Å²) >= 11 is 1.52. The third kappa shape index (κ3) is 4.75. The molecule has 0 spiro atoms. The first-order chi connectivity index (χ1) is 15.6. The van der Waals surface area contributed by atoms with Gasteiger partial charge in [-0.05, 0) is 30.7 Å². The van der Waals surface area contributed by atoms with Crippen molar-refractivity contribution in [2.75, 3.05) is 5.75 Å². The molecule has 2 aliphatic rings. The molecule has 0 bridgehead atoms. The zero-order valence-electron chi connectivity index (χ0n) is 17.6. The Balaban J connectivity index is 1.63. The van der Waals surface area contributed by atoms with Gasteiger partial charge in [-0.3, -0.25) is 25.2 Å². The number of carbonyl (C=O) groups is 1. The average Bonchev–Trinajstić information content (AvgIpc) is 3.26. The molecule has 1 aromatic heterocycles. The maximum Gasteiger partial charge on any atom is 0.433 e. The number of thioether (sulfide) groups is 1. The zero-order valence-corrected chi connectivity index (χ0v) is 18.4. The van der Waals surface area contributed by atoms with E-state index in [0.29, 0.717) is 27.2 Å². The Hall–Kier alpha value is -3.40. The van der Waals surface area contributed by atoms with Gasteiger partial charge in [-0.25, -0.2) is 5.01 Å². The van der Waals surface area contributed by atoms with Gasteiger partial charge in [0.05, 0.1) is 11.4 Å². The Morgan fingerprint density at radius 1 is 1.25 bits per heavy atom. The highest BCUT2D eigenvalue weighted by Gasteiger charge is 2.32. The van der Waals surface area contributed by atoms with Gasteiger partial charge in [-0.2, -0.15) is 0 Å². The van der Waals surface area contributed by atoms with Crippen LogP contribution in [0.15, 0.2) is 57.0 Å². The van der Waals surface area contributed by atoms with E-state index < -0.39 is 11.1 Å². The molecule has 3 heterocycles. The van der Waals surface area contributed by atoms with Crippen molar-refractivity contribution in [2.45, 2.75) is 38.8 Å². The Morgan fingerprint density at radius 2 is 2.09 bits per heavy atom. The van der Waals surface area contributed by atoms with Crippen molar-refractivity contribution >= 4 is 40.5 Å². The summed E-state index contributed by atoms with van der Waals surface area (Å²) in [6.07, 6.45) is 7.29. The minimum atomic E-state index is -0.592. The number of amides is 1. The molecule has 9 nitrogen and oxygen atoms in total. The number of hydrogen-bond acceptors (Lipinski definition) is 8. The van der Waals surface area contributed by atoms with Crippen LogP contribution in [-0.4, -0.2) is 32.9 Å². The Bertz CT molecular complexity index is 1200. The molecular formula is C22H23N5O4S. The summed E-state index contributed by atoms with van der Waals surface area (Å²) in [4.78, 5) is 28.0. The third-order valence-electron chi connectivity index (χ3n) is 5.01. The zero-order chi connectivity index (χ0) is 22.5. The van der Waals surface area contributed by atoms with E-state index in [0.717, 1.165) is 18.6 Å². The highest BCUT2D eigenvalue weighted by molar-refractivity contribution is 8.13. The normalized spacial score (nSPS) is 17.5. The second kappa shape index (κ2) is 9.82. The van der Waals surface area contributed by atoms with Crippen LogP contribution in [0.3, 0.4) is 0 Å². The molecule has 4 rings (SSSR count). The summed E-state index contributed by atoms with van der Waals surface area (Å²) in [6.45, 7) is 2.17. The second-order valence-corrected chi connectivity index (χ2v) is 8.40. The molecule has 0 radical (unpaired) electrons. The highest BCUT2D eigenvalue weighted by atomic mass is 32.2. The van der Waals surface area contributed by atoms with Crippen LogP contribution in [-0.2, 0) is 4.79 Å². The minimum Gasteiger partial charge on any atom is -0.401 e. The van der Waals surface area contributed by atoms with Crippen molar-refractivity contribution in [1.82, 2.24) is 10.3 Å². The van der Waals surface area contributed by atoms with Gasteiger partial charge in [-0.1, -0.05) is 56.1 Å². The number of fused-ring (bicyclic) bond motifs is 2. The highest BCUT2D eigenvalue weighted by Crippen LogP contribution is 2.23. The summed E-state index contributed by atoms with van der Waals surface area (Å²) < 4.78 is 5.20. The van der Waals surface area contributed by atoms with Crippen LogP contribution in [0.1, 0.15) is 38.4 Å². The molecule has 0 unspecified atom stereocenters. The standard InChI is InChI=1S/C22H23N5O4S/c1-2-3-4-7-14-32-22-24-21(28)20-16-8-5-6-9-17(16)23-18(26(20)25-22)12-10-15-11-13-19(31-15)27(29)30/h5-6,8-13,18H,2-4,7,14H2,1H3,(H,24,25,28)/b12-10+/t18-/m1/s1. The topological polar surface area (TPSA) is 113 Å². The van der Waals surface area contributed by atoms with E-state index in [-0.39, 0.29) is 11.8 Å². The van der Waals surface area contributed by atoms with Crippen LogP contribution in [0, 0.1) is 10.1 Å². The third-order valence-corrected chi connectivity index (χ3v) is 5.96. The van der Waals surface area contributed by atoms with E-state index in [1.54, 1.807) is 17.2 Å². The lowest BCUT2D eigenvalue weighted by atomic mass is 10.1. The quantitative estimate of drug-likeness (QED) is 0.373. The van der Waals surface area contributed by atoms with Gasteiger partial charge >= 0.3 is 5.88 Å². The lowest BCUT2D eigenvalue weighted by molar-refractivity contribution is -0.402. The fourth-order valence-electron chi connectivity index (χ4n) is 3.45. The smallest absolute Gasteiger partial charge is 0.401 e. The van der Waals surface area contributed by atoms with Crippen molar-refractivity contribution in [3.63, 3.8) is 0 Å². The summed E-state index contributed by atoms with van der Waals surface area (Å²) in [5.41, 5.74) is 0.422. The maximum absolute atomic E-state index is 13.0. The van der Waals surface area contributed by atoms with Crippen molar-refractivity contribution < 1.29 is 14.1 Å². The lowest BCUT2D eigenvalue weighted by Gasteiger charge is -2.32. The number of nitrogens with zero attached hydrogens (tertiary/aromatic N) is 4. The Labute approximate surface area is 188 Å². The van der Waals surface area contributed by atoms with Gasteiger partial charge in [0, 0.05) is 11.0 Å². The molecule has 1 amide bonds. The van der Waals surface area contributed by atoms with Crippen molar-refractivity contribution in [2.24, 2.45) is 10.1 Å². The second-order valence-electron chi connectivity index (χ2n) is 7.31. The molecule has 1 atom stereocenters. The van der Waals surface area contributed by atoms with Gasteiger partial charge in [0.25, 0.3) is 5.91 Å². The van der Waals surface area contributed by atoms with Crippen LogP contribution in [0.2, 0.25) is 0 Å². The predicted octanol–water partition coefficient (Wildman–Crippen LogP) is 2.99. The molecule has 166 valence electrons. The molecule has 32 heavy (non-hydrogen) atoms. The van der Waals surface area contributed by atoms with Gasteiger partial charge in [0.2, 0.25) is 0 Å². The van der Waals surface area contributed by atoms with E-state index in [2.05, 4.69) is 17.3 Å². The molecule has 0 saturated heterocycles. The average molecular weight is 454 g/mol. The number of carbonyl (C=O) groups excluding carboxylic acids is 1. The number of hydrogen-bond donors (Lipinski definition) is 1. The summed E-state index contributed by atoms with van der Waals surface area (Å²) in [6, 6.07) is 10.2. The van der Waals surface area contributed by atoms with Gasteiger partial charge in [0.15, 0.2) is 11.3 Å². The van der Waals surface area contributed by atoms with Crippen molar-refractivity contribution in [3.05, 3.63) is 68.9 Å². The Kier molecular flexibility index (Phi) is 6.69. The first-order valence-corrected chi connectivity index (χ1v) is 11.5. The van der Waals surface area contributed by atoms with Crippen molar-refractivity contribution in [3.8, 4) is 0 Å². The number of nitrogens with one attached hydrogen (secondary N) is 1. The summed E-state index contributed by atoms with van der Waals surface area (Å²) in [5, 5.41) is 21.9. The number of para-hydroxylation sites is 1. The van der Waals surface area contributed by atoms with Gasteiger partial charge < -0.3 is 4.42 Å². The molecule has 0 saturated carbocycles. The van der Waals surface area contributed by atoms with Crippen molar-refractivity contribution in [1.29, 1.82) is 0 Å². The van der Waals surface area contributed by atoms with Crippen LogP contribution >= 0.6 is 11.8 Å². The fraction of sp³-hybridized carbons (Fsp3) is 0.318. The molecule has 2 aliphatic heterocycles. The van der Waals surface area contributed by atoms with Gasteiger partial charge in [-0.15, -0.1) is 5.10 Å². The number of amidine groups is 1. The molecule has 0 fully saturated rings. The number of benzene rings is 1. The molecule has 0 aliphatic carbocycles. The minimum absolute atomic E-state index is 0.231. The first-order valence-electron chi connectivity index (χ1n) is 10.5. The summed E-state index contributed by atoms with van der Waals surface area (Å²) in [7, 11) is 0. The molecule has 1 N–H and O–H groups in total. The van der Waals surface area contributed by atoms with E-state index in [9.17, 15) is 14.9 Å². The van der Waals surface area contributed by atoms with E-state index in [1.807, 2.05) is 24.3 Å². The number of hydrazone groups is 1. The van der Waals surface area contributed by atoms with Crippen LogP contribution in [0.4, 0.5) is 5.88 Å². The SMILES string of the molecule is CCCCCCSC1=NN2C(=c3ccccc3=N[C@H]2/C=C/c2ccc([N+](=O)[O-])o2)C(=O)N1. The number of rotatable bonds is 8. The van der Waals surface area contributed by atoms with E-state index >= 15 is 0 Å². The molecule has 10 heteroatoms. The van der Waals surface area contributed by atoms with Crippen LogP contribution in [0.5, 0.6) is 0 Å². The monoisotopic (exact) mass is 453 g/mol. The lowest BCUT2D eigenvalue weighted by Crippen LogP contribution is -2.52. The summed E-state index contributed by atoms with van der Waals surface area (Å²) in [5.74, 6) is 0.626. The fourth-order valence-corrected chi connectivity index (χ4v) is 4.30. The Morgan fingerprint density at radius 3 is 2.88 bits per heavy atom. The van der Waals surface area contributed by atoms with Crippen LogP contribution < -0.4 is 15.9 Å². The number of nitro groups is 1.